The second-order valence-corrected chi connectivity index (χ2v) is 3.98. The van der Waals surface area contributed by atoms with Crippen molar-refractivity contribution < 1.29 is 4.79 Å². The van der Waals surface area contributed by atoms with Crippen molar-refractivity contribution in [2.45, 2.75) is 19.9 Å². The molecule has 4 nitrogen and oxygen atoms in total. The summed E-state index contributed by atoms with van der Waals surface area (Å²) in [6, 6.07) is 5.13. The predicted octanol–water partition coefficient (Wildman–Crippen LogP) is 1.70. The van der Waals surface area contributed by atoms with Crippen molar-refractivity contribution in [1.29, 1.82) is 5.26 Å². The Bertz CT molecular complexity index is 394. The van der Waals surface area contributed by atoms with Crippen LogP contribution in [0, 0.1) is 17.2 Å². The highest BCUT2D eigenvalue weighted by atomic mass is 16.2. The number of rotatable bonds is 3. The van der Waals surface area contributed by atoms with Gasteiger partial charge in [-0.1, -0.05) is 13.8 Å². The number of nitrogens with zero attached hydrogens (tertiary/aromatic N) is 3. The van der Waals surface area contributed by atoms with E-state index >= 15 is 0 Å². The fraction of sp³-hybridized carbons (Fsp3) is 0.417. The molecule has 0 aliphatic carbocycles. The molecule has 4 heteroatoms. The first-order chi connectivity index (χ1) is 7.57. The molecule has 1 heterocycles. The number of pyridine rings is 1. The van der Waals surface area contributed by atoms with Crippen LogP contribution in [0.15, 0.2) is 24.5 Å². The van der Waals surface area contributed by atoms with Gasteiger partial charge in [0.05, 0.1) is 11.6 Å². The van der Waals surface area contributed by atoms with Gasteiger partial charge in [0.15, 0.2) is 0 Å². The van der Waals surface area contributed by atoms with Crippen molar-refractivity contribution >= 4 is 5.91 Å². The third-order valence-corrected chi connectivity index (χ3v) is 2.41. The molecule has 0 bridgehead atoms. The average Bonchev–Trinajstić information content (AvgIpc) is 2.29. The van der Waals surface area contributed by atoms with E-state index in [1.165, 1.54) is 11.1 Å². The molecule has 0 fully saturated rings. The van der Waals surface area contributed by atoms with Gasteiger partial charge in [0, 0.05) is 19.4 Å². The summed E-state index contributed by atoms with van der Waals surface area (Å²) < 4.78 is 0. The SMILES string of the molecule is CC(C)C(C#N)N(C)C(=O)c1cccnc1. The Morgan fingerprint density at radius 3 is 2.69 bits per heavy atom. The lowest BCUT2D eigenvalue weighted by atomic mass is 10.0. The Hall–Kier alpha value is -1.89. The molecule has 0 spiro atoms. The van der Waals surface area contributed by atoms with Crippen molar-refractivity contribution in [1.82, 2.24) is 9.88 Å². The van der Waals surface area contributed by atoms with E-state index in [2.05, 4.69) is 11.1 Å². The number of carbonyl (C=O) groups is 1. The zero-order valence-corrected chi connectivity index (χ0v) is 9.71. The van der Waals surface area contributed by atoms with Gasteiger partial charge in [0.25, 0.3) is 5.91 Å². The van der Waals surface area contributed by atoms with Gasteiger partial charge in [-0.3, -0.25) is 9.78 Å². The monoisotopic (exact) mass is 217 g/mol. The van der Waals surface area contributed by atoms with Gasteiger partial charge in [-0.15, -0.1) is 0 Å². The van der Waals surface area contributed by atoms with Crippen LogP contribution in [-0.2, 0) is 0 Å². The van der Waals surface area contributed by atoms with E-state index in [4.69, 9.17) is 5.26 Å². The first-order valence-corrected chi connectivity index (χ1v) is 5.14. The number of hydrogen-bond acceptors (Lipinski definition) is 3. The minimum Gasteiger partial charge on any atom is -0.325 e. The van der Waals surface area contributed by atoms with Crippen LogP contribution < -0.4 is 0 Å². The largest absolute Gasteiger partial charge is 0.325 e. The highest BCUT2D eigenvalue weighted by molar-refractivity contribution is 5.94. The molecule has 0 aliphatic heterocycles. The smallest absolute Gasteiger partial charge is 0.256 e. The number of carbonyl (C=O) groups excluding carboxylic acids is 1. The molecule has 0 saturated carbocycles. The van der Waals surface area contributed by atoms with E-state index in [0.29, 0.717) is 5.56 Å². The van der Waals surface area contributed by atoms with Gasteiger partial charge in [-0.25, -0.2) is 0 Å². The van der Waals surface area contributed by atoms with E-state index in [-0.39, 0.29) is 11.8 Å². The molecular formula is C12H15N3O. The van der Waals surface area contributed by atoms with Gasteiger partial charge in [0.2, 0.25) is 0 Å². The summed E-state index contributed by atoms with van der Waals surface area (Å²) in [7, 11) is 1.64. The van der Waals surface area contributed by atoms with Crippen LogP contribution in [0.2, 0.25) is 0 Å². The highest BCUT2D eigenvalue weighted by Gasteiger charge is 2.23. The third-order valence-electron chi connectivity index (χ3n) is 2.41. The Morgan fingerprint density at radius 2 is 2.25 bits per heavy atom. The number of hydrogen-bond donors (Lipinski definition) is 0. The number of aromatic nitrogens is 1. The van der Waals surface area contributed by atoms with E-state index in [1.54, 1.807) is 25.4 Å². The second-order valence-electron chi connectivity index (χ2n) is 3.98. The van der Waals surface area contributed by atoms with Gasteiger partial charge in [-0.2, -0.15) is 5.26 Å². The molecule has 0 N–H and O–H groups in total. The summed E-state index contributed by atoms with van der Waals surface area (Å²) in [5.74, 6) is -0.0658. The summed E-state index contributed by atoms with van der Waals surface area (Å²) in [5.41, 5.74) is 0.505. The maximum Gasteiger partial charge on any atom is 0.256 e. The van der Waals surface area contributed by atoms with Crippen LogP contribution in [0.4, 0.5) is 0 Å². The summed E-state index contributed by atoms with van der Waals surface area (Å²) in [5, 5.41) is 9.00. The topological polar surface area (TPSA) is 57.0 Å². The molecule has 1 unspecified atom stereocenters. The molecule has 84 valence electrons. The quantitative estimate of drug-likeness (QED) is 0.774. The van der Waals surface area contributed by atoms with Gasteiger partial charge < -0.3 is 4.90 Å². The molecule has 1 aromatic rings. The lowest BCUT2D eigenvalue weighted by Crippen LogP contribution is -2.39. The van der Waals surface area contributed by atoms with Crippen LogP contribution in [0.3, 0.4) is 0 Å². The summed E-state index contributed by atoms with van der Waals surface area (Å²) in [6.45, 7) is 3.84. The predicted molar refractivity (Wildman–Crippen MR) is 60.6 cm³/mol. The number of amides is 1. The fourth-order valence-corrected chi connectivity index (χ4v) is 1.50. The maximum absolute atomic E-state index is 12.0. The molecule has 16 heavy (non-hydrogen) atoms. The molecule has 1 rings (SSSR count). The summed E-state index contributed by atoms with van der Waals surface area (Å²) in [4.78, 5) is 17.3. The first-order valence-electron chi connectivity index (χ1n) is 5.14. The highest BCUT2D eigenvalue weighted by Crippen LogP contribution is 2.11. The van der Waals surface area contributed by atoms with Crippen molar-refractivity contribution in [3.8, 4) is 6.07 Å². The molecule has 1 amide bonds. The van der Waals surface area contributed by atoms with Crippen LogP contribution in [-0.4, -0.2) is 28.9 Å². The van der Waals surface area contributed by atoms with Crippen molar-refractivity contribution in [2.75, 3.05) is 7.05 Å². The lowest BCUT2D eigenvalue weighted by Gasteiger charge is -2.25. The average molecular weight is 217 g/mol. The Balaban J connectivity index is 2.87. The van der Waals surface area contributed by atoms with E-state index in [1.807, 2.05) is 13.8 Å². The minimum absolute atomic E-state index is 0.107. The van der Waals surface area contributed by atoms with E-state index < -0.39 is 6.04 Å². The normalized spacial score (nSPS) is 11.9. The lowest BCUT2D eigenvalue weighted by molar-refractivity contribution is 0.0735. The van der Waals surface area contributed by atoms with Crippen LogP contribution in [0.1, 0.15) is 24.2 Å². The molecular weight excluding hydrogens is 202 g/mol. The minimum atomic E-state index is -0.410. The third kappa shape index (κ3) is 2.57. The molecule has 1 aromatic heterocycles. The Kier molecular flexibility index (Phi) is 4.01. The molecule has 1 atom stereocenters. The maximum atomic E-state index is 12.0. The summed E-state index contributed by atoms with van der Waals surface area (Å²) in [6.07, 6.45) is 3.12. The zero-order valence-electron chi connectivity index (χ0n) is 9.71. The van der Waals surface area contributed by atoms with E-state index in [9.17, 15) is 4.79 Å². The molecule has 0 aromatic carbocycles. The van der Waals surface area contributed by atoms with Gasteiger partial charge in [0.1, 0.15) is 6.04 Å². The van der Waals surface area contributed by atoms with E-state index in [0.717, 1.165) is 0 Å². The Morgan fingerprint density at radius 1 is 1.56 bits per heavy atom. The van der Waals surface area contributed by atoms with Crippen molar-refractivity contribution in [3.63, 3.8) is 0 Å². The zero-order chi connectivity index (χ0) is 12.1. The van der Waals surface area contributed by atoms with Crippen molar-refractivity contribution in [3.05, 3.63) is 30.1 Å². The van der Waals surface area contributed by atoms with Crippen LogP contribution in [0.5, 0.6) is 0 Å². The second kappa shape index (κ2) is 5.26. The number of nitriles is 1. The van der Waals surface area contributed by atoms with Crippen molar-refractivity contribution in [2.24, 2.45) is 5.92 Å². The van der Waals surface area contributed by atoms with Gasteiger partial charge in [-0.05, 0) is 18.1 Å². The van der Waals surface area contributed by atoms with Crippen LogP contribution in [0.25, 0.3) is 0 Å². The standard InChI is InChI=1S/C12H15N3O/c1-9(2)11(7-13)15(3)12(16)10-5-4-6-14-8-10/h4-6,8-9,11H,1-3H3. The summed E-state index contributed by atoms with van der Waals surface area (Å²) >= 11 is 0. The van der Waals surface area contributed by atoms with Crippen LogP contribution >= 0.6 is 0 Å². The Labute approximate surface area is 95.5 Å². The van der Waals surface area contributed by atoms with Gasteiger partial charge >= 0.3 is 0 Å². The fourth-order valence-electron chi connectivity index (χ4n) is 1.50. The molecule has 0 aliphatic rings. The molecule has 0 radical (unpaired) electrons. The molecule has 0 saturated heterocycles. The first kappa shape index (κ1) is 12.2.